The smallest absolute Gasteiger partial charge is 0.0563 e. The van der Waals surface area contributed by atoms with Gasteiger partial charge in [-0.1, -0.05) is 0 Å². The van der Waals surface area contributed by atoms with Gasteiger partial charge in [-0.15, -0.1) is 0 Å². The van der Waals surface area contributed by atoms with Crippen LogP contribution in [0.15, 0.2) is 0 Å². The molecule has 0 heterocycles. The van der Waals surface area contributed by atoms with Gasteiger partial charge in [0.25, 0.3) is 0 Å². The van der Waals surface area contributed by atoms with Crippen LogP contribution in [0, 0.1) is 6.42 Å². The summed E-state index contributed by atoms with van der Waals surface area (Å²) in [5, 5.41) is 8.52. The molecule has 0 fully saturated rings. The summed E-state index contributed by atoms with van der Waals surface area (Å²) in [7, 11) is 0. The van der Waals surface area contributed by atoms with Gasteiger partial charge < -0.3 is 11.5 Å². The fraction of sp³-hybridized carbons (Fsp3) is 0.857. The van der Waals surface area contributed by atoms with Crippen LogP contribution in [0.2, 0.25) is 0 Å². The van der Waals surface area contributed by atoms with E-state index < -0.39 is 5.60 Å². The molecule has 0 aromatic heterocycles. The zero-order valence-electron chi connectivity index (χ0n) is 7.10. The van der Waals surface area contributed by atoms with Crippen molar-refractivity contribution in [2.24, 2.45) is 0 Å². The second-order valence-electron chi connectivity index (χ2n) is 2.75. The van der Waals surface area contributed by atoms with E-state index in [0.717, 1.165) is 0 Å². The summed E-state index contributed by atoms with van der Waals surface area (Å²) in [6.07, 6.45) is 2.00. The van der Waals surface area contributed by atoms with Gasteiger partial charge in [-0.3, -0.25) is 0 Å². The van der Waals surface area contributed by atoms with Crippen LogP contribution in [-0.4, -0.2) is 10.7 Å². The second kappa shape index (κ2) is 9.06. The minimum atomic E-state index is -0.500. The van der Waals surface area contributed by atoms with E-state index in [9.17, 15) is 0 Å². The van der Waals surface area contributed by atoms with Gasteiger partial charge >= 0.3 is 0 Å². The molecule has 0 aromatic carbocycles. The average molecular weight is 206 g/mol. The molecule has 0 atom stereocenters. The van der Waals surface area contributed by atoms with Crippen molar-refractivity contribution in [2.45, 2.75) is 40.2 Å². The first-order valence-corrected chi connectivity index (χ1v) is 2.88. The molecular weight excluding hydrogens is 189 g/mol. The Balaban J connectivity index is -0.0000000800. The first kappa shape index (κ1) is 16.6. The molecule has 0 aromatic rings. The van der Waals surface area contributed by atoms with Gasteiger partial charge in [0.15, 0.2) is 0 Å². The molecule has 9 heavy (non-hydrogen) atoms. The number of rotatable bonds is 0. The Hall–Kier alpha value is 1.06. The van der Waals surface area contributed by atoms with Crippen LogP contribution >= 0.6 is 0 Å². The molecule has 0 saturated heterocycles. The van der Waals surface area contributed by atoms with Crippen LogP contribution in [0.3, 0.4) is 0 Å². The topological polar surface area (TPSA) is 20.2 Å². The maximum atomic E-state index is 8.52. The Morgan fingerprint density at radius 1 is 1.11 bits per heavy atom. The maximum Gasteiger partial charge on any atom is 0.0563 e. The molecule has 0 amide bonds. The summed E-state index contributed by atoms with van der Waals surface area (Å²) in [6.45, 7) is 9.23. The van der Waals surface area contributed by atoms with Gasteiger partial charge in [0.05, 0.1) is 5.60 Å². The molecule has 0 saturated carbocycles. The van der Waals surface area contributed by atoms with Gasteiger partial charge in [0.2, 0.25) is 0 Å². The average Bonchev–Trinajstić information content (AvgIpc) is 1.27. The maximum absolute atomic E-state index is 8.52. The minimum Gasteiger partial charge on any atom is -0.391 e. The van der Waals surface area contributed by atoms with E-state index in [1.807, 2.05) is 20.3 Å². The van der Waals surface area contributed by atoms with E-state index in [-0.39, 0.29) is 32.7 Å². The van der Waals surface area contributed by atoms with Crippen molar-refractivity contribution in [3.8, 4) is 0 Å². The zero-order valence-corrected chi connectivity index (χ0v) is 9.94. The van der Waals surface area contributed by atoms with E-state index in [0.29, 0.717) is 0 Å². The van der Waals surface area contributed by atoms with Crippen LogP contribution in [0.1, 0.15) is 34.6 Å². The Morgan fingerprint density at radius 2 is 1.11 bits per heavy atom. The molecule has 0 aliphatic rings. The first-order valence-electron chi connectivity index (χ1n) is 2.88. The Bertz CT molecular complexity index is 32.7. The third-order valence-electron chi connectivity index (χ3n) is 0. The molecule has 0 bridgehead atoms. The minimum absolute atomic E-state index is 0. The Kier molecular flexibility index (Phi) is 16.7. The van der Waals surface area contributed by atoms with Crippen molar-refractivity contribution in [3.63, 3.8) is 0 Å². The standard InChI is InChI=1S/C4H10O.C3H7.Y/c1-4(2,3)5;1-3-2;/h5H,1-3H3;3H,1-2H3;/q;-1;. The van der Waals surface area contributed by atoms with Crippen LogP contribution in [0.5, 0.6) is 0 Å². The van der Waals surface area contributed by atoms with Crippen LogP contribution in [-0.2, 0) is 32.7 Å². The predicted molar refractivity (Wildman–Crippen MR) is 37.6 cm³/mol. The van der Waals surface area contributed by atoms with E-state index in [4.69, 9.17) is 5.11 Å². The first-order chi connectivity index (χ1) is 3.41. The van der Waals surface area contributed by atoms with Crippen molar-refractivity contribution in [3.05, 3.63) is 6.42 Å². The second-order valence-corrected chi connectivity index (χ2v) is 2.75. The van der Waals surface area contributed by atoms with Crippen LogP contribution in [0.4, 0.5) is 0 Å². The molecule has 0 spiro atoms. The molecule has 0 unspecified atom stereocenters. The van der Waals surface area contributed by atoms with E-state index >= 15 is 0 Å². The molecule has 1 nitrogen and oxygen atoms in total. The van der Waals surface area contributed by atoms with E-state index in [1.165, 1.54) is 0 Å². The monoisotopic (exact) mass is 206 g/mol. The number of aliphatic hydroxyl groups is 1. The molecular formula is C7H17OY-. The van der Waals surface area contributed by atoms with Gasteiger partial charge in [0, 0.05) is 32.7 Å². The third-order valence-corrected chi connectivity index (χ3v) is 0. The summed E-state index contributed by atoms with van der Waals surface area (Å²) in [6, 6.07) is 0. The third kappa shape index (κ3) is 400. The van der Waals surface area contributed by atoms with Crippen molar-refractivity contribution < 1.29 is 37.8 Å². The SMILES string of the molecule is CC(C)(C)O.C[CH-]C.[Y]. The quantitative estimate of drug-likeness (QED) is 0.601. The number of hydrogen-bond acceptors (Lipinski definition) is 1. The summed E-state index contributed by atoms with van der Waals surface area (Å²) in [5.41, 5.74) is -0.500. The van der Waals surface area contributed by atoms with Crippen molar-refractivity contribution in [1.82, 2.24) is 0 Å². The van der Waals surface area contributed by atoms with Crippen LogP contribution < -0.4 is 0 Å². The molecule has 55 valence electrons. The predicted octanol–water partition coefficient (Wildman–Crippen LogP) is 2.01. The van der Waals surface area contributed by atoms with Gasteiger partial charge in [-0.05, 0) is 20.8 Å². The molecule has 0 rings (SSSR count). The molecule has 0 aliphatic carbocycles. The Labute approximate surface area is 84.1 Å². The molecule has 0 aliphatic heterocycles. The molecule has 1 N–H and O–H groups in total. The van der Waals surface area contributed by atoms with Crippen molar-refractivity contribution in [1.29, 1.82) is 0 Å². The van der Waals surface area contributed by atoms with Crippen molar-refractivity contribution in [2.75, 3.05) is 0 Å². The summed E-state index contributed by atoms with van der Waals surface area (Å²) in [4.78, 5) is 0. The van der Waals surface area contributed by atoms with Gasteiger partial charge in [-0.25, -0.2) is 0 Å². The normalized spacial score (nSPS) is 8.67. The Morgan fingerprint density at radius 3 is 1.11 bits per heavy atom. The van der Waals surface area contributed by atoms with Gasteiger partial charge in [0.1, 0.15) is 0 Å². The molecule has 2 heteroatoms. The zero-order chi connectivity index (χ0) is 7.21. The fourth-order valence-electron chi connectivity index (χ4n) is 0. The van der Waals surface area contributed by atoms with Crippen LogP contribution in [0.25, 0.3) is 0 Å². The summed E-state index contributed by atoms with van der Waals surface area (Å²) < 4.78 is 0. The van der Waals surface area contributed by atoms with Crippen molar-refractivity contribution >= 4 is 0 Å². The summed E-state index contributed by atoms with van der Waals surface area (Å²) >= 11 is 0. The largest absolute Gasteiger partial charge is 0.391 e. The van der Waals surface area contributed by atoms with E-state index in [2.05, 4.69) is 0 Å². The molecule has 1 radical (unpaired) electrons. The fourth-order valence-corrected chi connectivity index (χ4v) is 0. The number of hydrogen-bond donors (Lipinski definition) is 1. The van der Waals surface area contributed by atoms with E-state index in [1.54, 1.807) is 20.8 Å². The van der Waals surface area contributed by atoms with Gasteiger partial charge in [-0.2, -0.15) is 13.8 Å². The summed E-state index contributed by atoms with van der Waals surface area (Å²) in [5.74, 6) is 0.